The number of aromatic nitrogens is 3. The van der Waals surface area contributed by atoms with Gasteiger partial charge in [0.25, 0.3) is 15.9 Å². The van der Waals surface area contributed by atoms with Crippen molar-refractivity contribution in [1.29, 1.82) is 0 Å². The fraction of sp³-hybridized carbons (Fsp3) is 0.517. The Hall–Kier alpha value is -6.73. The molecule has 3 aromatic carbocycles. The van der Waals surface area contributed by atoms with Gasteiger partial charge in [-0.05, 0) is 156 Å². The Morgan fingerprint density at radius 3 is 2.10 bits per heavy atom. The molecule has 1 unspecified atom stereocenters. The van der Waals surface area contributed by atoms with Gasteiger partial charge in [0.2, 0.25) is 17.7 Å². The summed E-state index contributed by atoms with van der Waals surface area (Å²) in [5.74, 6) is 3.12. The van der Waals surface area contributed by atoms with Gasteiger partial charge >= 0.3 is 5.69 Å². The van der Waals surface area contributed by atoms with Crippen molar-refractivity contribution in [1.82, 2.24) is 34.1 Å². The minimum absolute atomic E-state index is 0.108. The molecule has 0 aliphatic carbocycles. The number of aryl methyl sites for hydroxylation is 2. The number of hydrogen-bond donors (Lipinski definition) is 2. The maximum atomic E-state index is 14.1. The van der Waals surface area contributed by atoms with Crippen molar-refractivity contribution >= 4 is 56.2 Å². The summed E-state index contributed by atoms with van der Waals surface area (Å²) in [6.45, 7) is 10.2. The zero-order valence-corrected chi connectivity index (χ0v) is 45.5. The first-order valence-electron chi connectivity index (χ1n) is 27.8. The Balaban J connectivity index is 0.661. The van der Waals surface area contributed by atoms with Crippen molar-refractivity contribution in [3.8, 4) is 17.2 Å². The molecular weight excluding hydrogens is 999 g/mol. The Kier molecular flexibility index (Phi) is 16.4. The van der Waals surface area contributed by atoms with Crippen molar-refractivity contribution < 1.29 is 37.1 Å². The summed E-state index contributed by atoms with van der Waals surface area (Å²) in [5, 5.41) is 2.48. The predicted octanol–water partition coefficient (Wildman–Crippen LogP) is 7.28. The van der Waals surface area contributed by atoms with Crippen molar-refractivity contribution in [2.75, 3.05) is 75.1 Å². The molecule has 2 aromatic heterocycles. The lowest BCUT2D eigenvalue weighted by Crippen LogP contribution is -2.47. The maximum Gasteiger partial charge on any atom is 0.328 e. The van der Waals surface area contributed by atoms with Crippen molar-refractivity contribution in [2.24, 2.45) is 37.8 Å². The molecule has 410 valence electrons. The molecule has 5 aliphatic heterocycles. The van der Waals surface area contributed by atoms with E-state index in [1.54, 1.807) is 67.7 Å². The third kappa shape index (κ3) is 12.4. The Labute approximate surface area is 451 Å². The molecule has 1 atom stereocenters. The molecule has 0 bridgehead atoms. The van der Waals surface area contributed by atoms with Crippen LogP contribution in [0.1, 0.15) is 106 Å². The number of sulfonamides is 1. The van der Waals surface area contributed by atoms with Crippen LogP contribution in [0.3, 0.4) is 0 Å². The number of anilines is 2. The van der Waals surface area contributed by atoms with E-state index >= 15 is 0 Å². The fourth-order valence-corrected chi connectivity index (χ4v) is 13.4. The van der Waals surface area contributed by atoms with Gasteiger partial charge in [-0.25, -0.2) is 18.2 Å². The number of amides is 4. The van der Waals surface area contributed by atoms with Crippen LogP contribution in [0.2, 0.25) is 0 Å². The van der Waals surface area contributed by atoms with Gasteiger partial charge in [-0.15, -0.1) is 0 Å². The molecule has 5 aliphatic rings. The average molecular weight is 1070 g/mol. The highest BCUT2D eigenvalue weighted by Crippen LogP contribution is 2.38. The van der Waals surface area contributed by atoms with Gasteiger partial charge in [-0.1, -0.05) is 19.1 Å². The van der Waals surface area contributed by atoms with Gasteiger partial charge in [0.1, 0.15) is 17.3 Å². The third-order valence-electron chi connectivity index (χ3n) is 16.8. The number of rotatable bonds is 16. The molecule has 0 spiro atoms. The lowest BCUT2D eigenvalue weighted by atomic mass is 9.82. The number of carbonyl (C=O) groups excluding carboxylic acids is 4. The molecule has 18 nitrogen and oxygen atoms in total. The van der Waals surface area contributed by atoms with E-state index in [2.05, 4.69) is 24.8 Å². The number of likely N-dealkylation sites (tertiary alicyclic amines) is 3. The van der Waals surface area contributed by atoms with Crippen LogP contribution in [0.25, 0.3) is 11.0 Å². The second kappa shape index (κ2) is 23.5. The molecule has 10 rings (SSSR count). The van der Waals surface area contributed by atoms with Crippen LogP contribution in [0.4, 0.5) is 11.5 Å². The SMILES string of the molecule is CCCOc1cccc(Oc2cc3c(cc2NS(=O)(=O)c2cccc(C(=O)N4CCC(C(=O)N5CCC(CC6CCN(CC7CCN(c8cc(C9CCC(=O)NC9=O)ccn8)CC7)CC6)CC5)CC4)c2)n(C)c(=O)n3C)c1. The zero-order valence-electron chi connectivity index (χ0n) is 44.7. The summed E-state index contributed by atoms with van der Waals surface area (Å²) < 4.78 is 45.9. The molecule has 0 saturated carbocycles. The van der Waals surface area contributed by atoms with Crippen LogP contribution in [-0.4, -0.2) is 126 Å². The number of imidazole rings is 1. The molecule has 5 saturated heterocycles. The van der Waals surface area contributed by atoms with Gasteiger partial charge in [0, 0.05) is 96.1 Å². The van der Waals surface area contributed by atoms with E-state index in [4.69, 9.17) is 9.47 Å². The minimum Gasteiger partial charge on any atom is -0.493 e. The van der Waals surface area contributed by atoms with E-state index in [0.717, 1.165) is 95.2 Å². The van der Waals surface area contributed by atoms with Crippen molar-refractivity contribution in [3.05, 3.63) is 101 Å². The number of piperidine rings is 5. The predicted molar refractivity (Wildman–Crippen MR) is 294 cm³/mol. The third-order valence-corrected chi connectivity index (χ3v) is 18.2. The summed E-state index contributed by atoms with van der Waals surface area (Å²) in [4.78, 5) is 78.2. The number of imide groups is 1. The summed E-state index contributed by atoms with van der Waals surface area (Å²) in [7, 11) is -1.02. The monoisotopic (exact) mass is 1070 g/mol. The highest BCUT2D eigenvalue weighted by atomic mass is 32.2. The number of hydrogen-bond acceptors (Lipinski definition) is 12. The molecule has 5 fully saturated rings. The van der Waals surface area contributed by atoms with E-state index in [9.17, 15) is 32.4 Å². The molecule has 2 N–H and O–H groups in total. The lowest BCUT2D eigenvalue weighted by molar-refractivity contribution is -0.138. The lowest BCUT2D eigenvalue weighted by Gasteiger charge is -2.40. The maximum absolute atomic E-state index is 14.1. The van der Waals surface area contributed by atoms with Gasteiger partial charge in [-0.3, -0.25) is 38.4 Å². The van der Waals surface area contributed by atoms with Crippen LogP contribution < -0.4 is 30.1 Å². The standard InChI is InChI=1S/C58H73N9O9S/c1-4-31-75-45-8-6-9-46(35-45)76-52-37-51-50(62(2)58(72)63(51)3)36-49(52)61-77(73,74)47-10-5-7-44(33-47)57(71)67-29-20-42(21-30-67)56(70)66-27-16-40(17-28-66)32-39-14-23-64(24-15-39)38-41-18-25-65(26-19-41)53-34-43(13-22-59-53)48-11-12-54(68)60-55(48)69/h5-10,13,22,33-37,39-42,48,61H,4,11-12,14-21,23-32,38H2,1-3H3,(H,60,68,69). The highest BCUT2D eigenvalue weighted by molar-refractivity contribution is 7.92. The number of nitrogens with zero attached hydrogens (tertiary/aromatic N) is 7. The first kappa shape index (κ1) is 53.7. The molecule has 7 heterocycles. The fourth-order valence-electron chi connectivity index (χ4n) is 12.2. The van der Waals surface area contributed by atoms with Crippen LogP contribution in [0, 0.1) is 23.7 Å². The minimum atomic E-state index is -4.27. The number of benzene rings is 3. The summed E-state index contributed by atoms with van der Waals surface area (Å²) in [6, 6.07) is 20.1. The number of pyridine rings is 1. The molecule has 4 amide bonds. The highest BCUT2D eigenvalue weighted by Gasteiger charge is 2.35. The second-order valence-corrected chi connectivity index (χ2v) is 23.7. The molecule has 77 heavy (non-hydrogen) atoms. The van der Waals surface area contributed by atoms with Crippen molar-refractivity contribution in [2.45, 2.75) is 94.8 Å². The van der Waals surface area contributed by atoms with Gasteiger partial charge in [0.15, 0.2) is 5.75 Å². The van der Waals surface area contributed by atoms with E-state index in [-0.39, 0.29) is 63.1 Å². The second-order valence-electron chi connectivity index (χ2n) is 22.0. The molecular formula is C58H73N9O9S. The molecule has 0 radical (unpaired) electrons. The first-order chi connectivity index (χ1) is 37.2. The zero-order chi connectivity index (χ0) is 53.8. The topological polar surface area (TPSA) is 198 Å². The van der Waals surface area contributed by atoms with E-state index in [0.29, 0.717) is 79.7 Å². The summed E-state index contributed by atoms with van der Waals surface area (Å²) in [5.41, 5.74) is 2.03. The molecule has 5 aromatic rings. The smallest absolute Gasteiger partial charge is 0.328 e. The Bertz CT molecular complexity index is 3140. The van der Waals surface area contributed by atoms with E-state index in [1.807, 2.05) is 30.0 Å². The summed E-state index contributed by atoms with van der Waals surface area (Å²) in [6.07, 6.45) is 12.6. The normalized spacial score (nSPS) is 19.9. The number of fused-ring (bicyclic) bond motifs is 1. The van der Waals surface area contributed by atoms with Gasteiger partial charge < -0.3 is 29.1 Å². The summed E-state index contributed by atoms with van der Waals surface area (Å²) >= 11 is 0. The van der Waals surface area contributed by atoms with Gasteiger partial charge in [0.05, 0.1) is 34.1 Å². The van der Waals surface area contributed by atoms with Crippen LogP contribution in [0.5, 0.6) is 17.2 Å². The first-order valence-corrected chi connectivity index (χ1v) is 29.3. The Morgan fingerprint density at radius 2 is 1.39 bits per heavy atom. The average Bonchev–Trinajstić information content (AvgIpc) is 3.69. The van der Waals surface area contributed by atoms with E-state index < -0.39 is 10.0 Å². The van der Waals surface area contributed by atoms with Crippen molar-refractivity contribution in [3.63, 3.8) is 0 Å². The number of nitrogens with one attached hydrogen (secondary N) is 2. The van der Waals surface area contributed by atoms with E-state index in [1.165, 1.54) is 40.5 Å². The Morgan fingerprint density at radius 1 is 0.727 bits per heavy atom. The number of ether oxygens (including phenoxy) is 2. The largest absolute Gasteiger partial charge is 0.493 e. The van der Waals surface area contributed by atoms with Crippen LogP contribution in [-0.2, 0) is 38.5 Å². The van der Waals surface area contributed by atoms with Crippen LogP contribution in [0.15, 0.2) is 88.7 Å². The number of carbonyl (C=O) groups is 4. The van der Waals surface area contributed by atoms with Gasteiger partial charge in [-0.2, -0.15) is 0 Å². The molecule has 19 heteroatoms. The van der Waals surface area contributed by atoms with Crippen LogP contribution >= 0.6 is 0 Å². The quantitative estimate of drug-likeness (QED) is 0.0939.